The number of halogens is 4. The van der Waals surface area contributed by atoms with Crippen molar-refractivity contribution in [2.45, 2.75) is 12.3 Å². The molecule has 0 atom stereocenters. The predicted octanol–water partition coefficient (Wildman–Crippen LogP) is 2.61. The lowest BCUT2D eigenvalue weighted by molar-refractivity contribution is 0.0890. The summed E-state index contributed by atoms with van der Waals surface area (Å²) in [7, 11) is 0. The lowest BCUT2D eigenvalue weighted by atomic mass is 10.4. The van der Waals surface area contributed by atoms with Crippen molar-refractivity contribution in [1.82, 2.24) is 10.2 Å². The van der Waals surface area contributed by atoms with Gasteiger partial charge >= 0.3 is 5.38 Å². The molecule has 0 saturated heterocycles. The van der Waals surface area contributed by atoms with Gasteiger partial charge in [-0.05, 0) is 41.1 Å². The summed E-state index contributed by atoms with van der Waals surface area (Å²) < 4.78 is 25.2. The average molecular weight is 292 g/mol. The second-order valence-electron chi connectivity index (χ2n) is 2.01. The smallest absolute Gasteiger partial charge is 0.281 e. The Morgan fingerprint density at radius 2 is 2.18 bits per heavy atom. The van der Waals surface area contributed by atoms with E-state index in [1.54, 1.807) is 29.5 Å². The maximum Gasteiger partial charge on any atom is 0.367 e. The number of H-pyrrole nitrogens is 1. The van der Waals surface area contributed by atoms with Crippen LogP contribution >= 0.6 is 34.2 Å². The molecule has 0 aliphatic carbocycles. The molecule has 1 heterocycles. The fourth-order valence-corrected chi connectivity index (χ4v) is 1.48. The topological polar surface area (TPSA) is 28.7 Å². The van der Waals surface area contributed by atoms with Crippen LogP contribution in [0.5, 0.6) is 0 Å². The zero-order chi connectivity index (χ0) is 8.65. The highest BCUT2D eigenvalue weighted by atomic mass is 127. The molecule has 0 aliphatic heterocycles. The van der Waals surface area contributed by atoms with Gasteiger partial charge in [0.1, 0.15) is 0 Å². The van der Waals surface area contributed by atoms with Gasteiger partial charge in [-0.1, -0.05) is 0 Å². The third kappa shape index (κ3) is 1.81. The molecule has 0 spiro atoms. The largest absolute Gasteiger partial charge is 0.367 e. The molecular weight excluding hydrogens is 288 g/mol. The van der Waals surface area contributed by atoms with E-state index in [0.717, 1.165) is 0 Å². The third-order valence-electron chi connectivity index (χ3n) is 1.14. The van der Waals surface area contributed by atoms with Crippen LogP contribution in [0.3, 0.4) is 0 Å². The van der Waals surface area contributed by atoms with Crippen molar-refractivity contribution in [2.75, 3.05) is 0 Å². The molecule has 1 N–H and O–H groups in total. The Kier molecular flexibility index (Phi) is 2.38. The maximum absolute atomic E-state index is 12.4. The van der Waals surface area contributed by atoms with E-state index in [1.165, 1.54) is 0 Å². The second kappa shape index (κ2) is 2.85. The molecule has 62 valence electrons. The maximum atomic E-state index is 12.4. The minimum atomic E-state index is -3.37. The van der Waals surface area contributed by atoms with Gasteiger partial charge in [0, 0.05) is 5.69 Å². The number of aromatic amines is 1. The molecule has 0 saturated carbocycles. The molecule has 1 aromatic rings. The Hall–Kier alpha value is 0.0900. The molecule has 1 rings (SSSR count). The second-order valence-corrected chi connectivity index (χ2v) is 3.56. The van der Waals surface area contributed by atoms with Crippen molar-refractivity contribution in [2.24, 2.45) is 0 Å². The summed E-state index contributed by atoms with van der Waals surface area (Å²) in [5, 5.41) is 2.42. The van der Waals surface area contributed by atoms with Crippen LogP contribution in [-0.4, -0.2) is 10.2 Å². The normalized spacial score (nSPS) is 12.1. The predicted molar refractivity (Wildman–Crippen MR) is 45.8 cm³/mol. The molecule has 0 fully saturated rings. The molecule has 0 aromatic carbocycles. The van der Waals surface area contributed by atoms with E-state index in [0.29, 0.717) is 9.26 Å². The fourth-order valence-electron chi connectivity index (χ4n) is 0.603. The Morgan fingerprint density at radius 3 is 2.36 bits per heavy atom. The highest BCUT2D eigenvalue weighted by Gasteiger charge is 2.34. The number of hydrogen-bond donors (Lipinski definition) is 1. The van der Waals surface area contributed by atoms with Gasteiger partial charge in [-0.15, -0.1) is 0 Å². The van der Waals surface area contributed by atoms with Gasteiger partial charge in [0.2, 0.25) is 0 Å². The van der Waals surface area contributed by atoms with Crippen molar-refractivity contribution in [3.05, 3.63) is 15.0 Å². The van der Waals surface area contributed by atoms with E-state index in [9.17, 15) is 8.78 Å². The highest BCUT2D eigenvalue weighted by Crippen LogP contribution is 2.34. The van der Waals surface area contributed by atoms with Gasteiger partial charge in [-0.3, -0.25) is 5.10 Å². The molecule has 0 aliphatic rings. The summed E-state index contributed by atoms with van der Waals surface area (Å²) in [5.74, 6) is 0. The van der Waals surface area contributed by atoms with E-state index >= 15 is 0 Å². The molecule has 0 bridgehead atoms. The van der Waals surface area contributed by atoms with E-state index in [-0.39, 0.29) is 0 Å². The summed E-state index contributed by atoms with van der Waals surface area (Å²) in [6.45, 7) is 1.65. The van der Waals surface area contributed by atoms with Crippen molar-refractivity contribution in [1.29, 1.82) is 0 Å². The summed E-state index contributed by atoms with van der Waals surface area (Å²) in [4.78, 5) is 0. The molecular formula is C5H4ClF2IN2. The first-order valence-corrected chi connectivity index (χ1v) is 4.16. The zero-order valence-electron chi connectivity index (χ0n) is 5.46. The molecule has 0 radical (unpaired) electrons. The van der Waals surface area contributed by atoms with Crippen LogP contribution < -0.4 is 0 Å². The molecule has 0 amide bonds. The molecule has 6 heteroatoms. The number of rotatable bonds is 1. The summed E-state index contributed by atoms with van der Waals surface area (Å²) in [6, 6.07) is 0. The fraction of sp³-hybridized carbons (Fsp3) is 0.400. The van der Waals surface area contributed by atoms with Crippen LogP contribution in [0, 0.1) is 10.5 Å². The number of alkyl halides is 3. The monoisotopic (exact) mass is 292 g/mol. The highest BCUT2D eigenvalue weighted by molar-refractivity contribution is 14.1. The van der Waals surface area contributed by atoms with Crippen LogP contribution in [-0.2, 0) is 5.38 Å². The van der Waals surface area contributed by atoms with E-state index in [4.69, 9.17) is 11.6 Å². The quantitative estimate of drug-likeness (QED) is 0.625. The minimum Gasteiger partial charge on any atom is -0.281 e. The van der Waals surface area contributed by atoms with Crippen molar-refractivity contribution in [3.8, 4) is 0 Å². The Bertz CT molecular complexity index is 268. The molecule has 1 aromatic heterocycles. The first-order chi connectivity index (χ1) is 4.93. The van der Waals surface area contributed by atoms with Crippen LogP contribution in [0.1, 0.15) is 11.4 Å². The van der Waals surface area contributed by atoms with Gasteiger partial charge in [0.05, 0.1) is 3.57 Å². The van der Waals surface area contributed by atoms with Gasteiger partial charge in [-0.25, -0.2) is 0 Å². The first-order valence-electron chi connectivity index (χ1n) is 2.70. The number of nitrogens with one attached hydrogen (secondary N) is 1. The van der Waals surface area contributed by atoms with E-state index in [2.05, 4.69) is 10.2 Å². The number of aromatic nitrogens is 2. The molecule has 0 unspecified atom stereocenters. The minimum absolute atomic E-state index is 0.377. The lowest BCUT2D eigenvalue weighted by Crippen LogP contribution is -2.05. The lowest BCUT2D eigenvalue weighted by Gasteiger charge is -2.02. The van der Waals surface area contributed by atoms with Gasteiger partial charge in [0.15, 0.2) is 5.69 Å². The first kappa shape index (κ1) is 9.18. The standard InChI is InChI=1S/C5H4ClF2IN2/c1-2-3(9)4(11-10-2)5(6,7)8/h1H3,(H,10,11). The number of nitrogens with zero attached hydrogens (tertiary/aromatic N) is 1. The number of hydrogen-bond acceptors (Lipinski definition) is 1. The zero-order valence-corrected chi connectivity index (χ0v) is 8.37. The van der Waals surface area contributed by atoms with Gasteiger partial charge in [0.25, 0.3) is 0 Å². The summed E-state index contributed by atoms with van der Waals surface area (Å²) >= 11 is 6.52. The van der Waals surface area contributed by atoms with Crippen LogP contribution in [0.2, 0.25) is 0 Å². The third-order valence-corrected chi connectivity index (χ3v) is 2.64. The summed E-state index contributed by atoms with van der Waals surface area (Å²) in [6.07, 6.45) is 0. The molecule has 11 heavy (non-hydrogen) atoms. The number of aryl methyl sites for hydroxylation is 1. The van der Waals surface area contributed by atoms with Crippen molar-refractivity contribution in [3.63, 3.8) is 0 Å². The van der Waals surface area contributed by atoms with Gasteiger partial charge in [-0.2, -0.15) is 13.9 Å². The van der Waals surface area contributed by atoms with Crippen LogP contribution in [0.15, 0.2) is 0 Å². The van der Waals surface area contributed by atoms with E-state index in [1.807, 2.05) is 0 Å². The molecule has 2 nitrogen and oxygen atoms in total. The van der Waals surface area contributed by atoms with Crippen molar-refractivity contribution >= 4 is 34.2 Å². The summed E-state index contributed by atoms with van der Waals surface area (Å²) in [5.41, 5.74) is 0.193. The van der Waals surface area contributed by atoms with E-state index < -0.39 is 11.1 Å². The van der Waals surface area contributed by atoms with Crippen LogP contribution in [0.4, 0.5) is 8.78 Å². The SMILES string of the molecule is Cc1[nH]nc(C(F)(F)Cl)c1I. The van der Waals surface area contributed by atoms with Crippen LogP contribution in [0.25, 0.3) is 0 Å². The Balaban J connectivity index is 3.15. The van der Waals surface area contributed by atoms with Gasteiger partial charge < -0.3 is 0 Å². The average Bonchev–Trinajstić information content (AvgIpc) is 2.11. The van der Waals surface area contributed by atoms with Crippen molar-refractivity contribution < 1.29 is 8.78 Å². The Labute approximate surface area is 80.5 Å². The Morgan fingerprint density at radius 1 is 1.64 bits per heavy atom.